The van der Waals surface area contributed by atoms with Crippen LogP contribution in [0.25, 0.3) is 0 Å². The lowest BCUT2D eigenvalue weighted by Gasteiger charge is -1.99. The number of hydrogen-bond acceptors (Lipinski definition) is 2. The van der Waals surface area contributed by atoms with Gasteiger partial charge in [0.05, 0.1) is 0 Å². The van der Waals surface area contributed by atoms with Crippen LogP contribution in [-0.4, -0.2) is 12.5 Å². The minimum Gasteiger partial charge on any atom is -0.408 e. The van der Waals surface area contributed by atoms with Crippen molar-refractivity contribution >= 4 is 24.7 Å². The number of rotatable bonds is 1. The number of hydrazine groups is 1. The summed E-state index contributed by atoms with van der Waals surface area (Å²) in [5.41, 5.74) is 2.29. The van der Waals surface area contributed by atoms with Crippen molar-refractivity contribution in [1.82, 2.24) is 10.7 Å². The van der Waals surface area contributed by atoms with Crippen molar-refractivity contribution in [2.24, 2.45) is 5.84 Å². The van der Waals surface area contributed by atoms with E-state index in [2.05, 4.69) is 22.9 Å². The first-order valence-electron chi connectivity index (χ1n) is 2.05. The third kappa shape index (κ3) is 3.55. The Kier molecular flexibility index (Phi) is 3.73. The Bertz CT molecular complexity index is 66.0. The Morgan fingerprint density at radius 2 is 2.43 bits per heavy atom. The van der Waals surface area contributed by atoms with Gasteiger partial charge in [0.15, 0.2) is 5.11 Å². The van der Waals surface area contributed by atoms with Crippen LogP contribution in [0.1, 0.15) is 0 Å². The number of hydrogen-bond donors (Lipinski definition) is 3. The highest BCUT2D eigenvalue weighted by atomic mass is 32.1. The van der Waals surface area contributed by atoms with E-state index in [1.54, 1.807) is 0 Å². The average molecular weight is 117 g/mol. The molecule has 0 aliphatic heterocycles. The molecule has 0 rings (SSSR count). The fourth-order valence-corrected chi connectivity index (χ4v) is 0.356. The van der Waals surface area contributed by atoms with Crippen molar-refractivity contribution in [1.29, 1.82) is 0 Å². The van der Waals surface area contributed by atoms with Crippen LogP contribution in [0.3, 0.4) is 0 Å². The molecule has 0 saturated carbocycles. The predicted molar refractivity (Wildman–Crippen MR) is 36.1 cm³/mol. The van der Waals surface area contributed by atoms with Gasteiger partial charge in [0.25, 0.3) is 0 Å². The molecule has 7 heavy (non-hydrogen) atoms. The van der Waals surface area contributed by atoms with Gasteiger partial charge in [0, 0.05) is 0 Å². The third-order valence-corrected chi connectivity index (χ3v) is 0.731. The summed E-state index contributed by atoms with van der Waals surface area (Å²) in [7, 11) is 0.809. The molecular formula is C2H8BN3S. The highest BCUT2D eigenvalue weighted by Crippen LogP contribution is 1.54. The molecule has 0 aromatic heterocycles. The van der Waals surface area contributed by atoms with Crippen LogP contribution >= 0.6 is 12.2 Å². The van der Waals surface area contributed by atoms with Gasteiger partial charge in [-0.15, -0.1) is 0 Å². The van der Waals surface area contributed by atoms with Gasteiger partial charge >= 0.3 is 0 Å². The minimum absolute atomic E-state index is 0.488. The van der Waals surface area contributed by atoms with Crippen molar-refractivity contribution < 1.29 is 0 Å². The molecule has 0 aliphatic rings. The van der Waals surface area contributed by atoms with E-state index in [9.17, 15) is 0 Å². The summed E-state index contributed by atoms with van der Waals surface area (Å²) in [5.74, 6) is 4.90. The van der Waals surface area contributed by atoms with E-state index < -0.39 is 0 Å². The molecule has 0 saturated heterocycles. The number of nitrogens with one attached hydrogen (secondary N) is 2. The van der Waals surface area contributed by atoms with Crippen molar-refractivity contribution in [2.45, 2.75) is 6.82 Å². The van der Waals surface area contributed by atoms with Gasteiger partial charge in [-0.05, 0) is 12.2 Å². The maximum Gasteiger partial charge on any atom is 0.232 e. The molecular weight excluding hydrogens is 109 g/mol. The van der Waals surface area contributed by atoms with Crippen molar-refractivity contribution in [3.05, 3.63) is 0 Å². The normalized spacial score (nSPS) is 7.14. The topological polar surface area (TPSA) is 50.1 Å². The van der Waals surface area contributed by atoms with Crippen LogP contribution < -0.4 is 16.5 Å². The molecule has 0 radical (unpaired) electrons. The molecule has 40 valence electrons. The lowest BCUT2D eigenvalue weighted by Crippen LogP contribution is -2.40. The van der Waals surface area contributed by atoms with Crippen LogP contribution in [0.5, 0.6) is 0 Å². The average Bonchev–Trinajstić information content (AvgIpc) is 1.68. The zero-order valence-corrected chi connectivity index (χ0v) is 5.01. The van der Waals surface area contributed by atoms with E-state index in [4.69, 9.17) is 5.84 Å². The molecule has 3 nitrogen and oxygen atoms in total. The summed E-state index contributed by atoms with van der Waals surface area (Å²) >= 11 is 4.61. The van der Waals surface area contributed by atoms with Crippen molar-refractivity contribution in [3.63, 3.8) is 0 Å². The van der Waals surface area contributed by atoms with Crippen LogP contribution in [0, 0.1) is 0 Å². The second-order valence-electron chi connectivity index (χ2n) is 1.00. The van der Waals surface area contributed by atoms with Crippen LogP contribution in [0.15, 0.2) is 0 Å². The molecule has 4 N–H and O–H groups in total. The first kappa shape index (κ1) is 6.71. The van der Waals surface area contributed by atoms with Crippen molar-refractivity contribution in [3.8, 4) is 0 Å². The summed E-state index contributed by atoms with van der Waals surface area (Å²) in [6.07, 6.45) is 0. The van der Waals surface area contributed by atoms with E-state index in [0.29, 0.717) is 5.11 Å². The smallest absolute Gasteiger partial charge is 0.232 e. The Labute approximate surface area is 48.9 Å². The molecule has 0 fully saturated rings. The zero-order chi connectivity index (χ0) is 5.70. The zero-order valence-electron chi connectivity index (χ0n) is 4.19. The molecule has 0 aliphatic carbocycles. The molecule has 0 bridgehead atoms. The van der Waals surface area contributed by atoms with Gasteiger partial charge in [-0.1, -0.05) is 6.82 Å². The van der Waals surface area contributed by atoms with E-state index in [0.717, 1.165) is 7.41 Å². The second kappa shape index (κ2) is 3.89. The molecule has 0 amide bonds. The summed E-state index contributed by atoms with van der Waals surface area (Å²) in [6.45, 7) is 1.95. The van der Waals surface area contributed by atoms with Crippen LogP contribution in [0.4, 0.5) is 0 Å². The fourth-order valence-electron chi connectivity index (χ4n) is 0.212. The molecule has 0 heterocycles. The van der Waals surface area contributed by atoms with E-state index in [-0.39, 0.29) is 0 Å². The second-order valence-corrected chi connectivity index (χ2v) is 1.41. The fraction of sp³-hybridized carbons (Fsp3) is 0.500. The quantitative estimate of drug-likeness (QED) is 0.173. The Morgan fingerprint density at radius 1 is 1.86 bits per heavy atom. The lowest BCUT2D eigenvalue weighted by atomic mass is 10.0. The summed E-state index contributed by atoms with van der Waals surface area (Å²) in [6, 6.07) is 0. The molecule has 5 heteroatoms. The first-order chi connectivity index (χ1) is 3.31. The molecule has 0 unspecified atom stereocenters. The molecule has 0 aromatic carbocycles. The van der Waals surface area contributed by atoms with E-state index in [1.807, 2.05) is 6.82 Å². The van der Waals surface area contributed by atoms with E-state index in [1.165, 1.54) is 0 Å². The maximum absolute atomic E-state index is 4.90. The van der Waals surface area contributed by atoms with Crippen LogP contribution in [0.2, 0.25) is 6.82 Å². The Hall–Kier alpha value is -0.285. The van der Waals surface area contributed by atoms with Gasteiger partial charge in [0.1, 0.15) is 0 Å². The summed E-state index contributed by atoms with van der Waals surface area (Å²) < 4.78 is 0. The van der Waals surface area contributed by atoms with Gasteiger partial charge in [-0.2, -0.15) is 0 Å². The van der Waals surface area contributed by atoms with Gasteiger partial charge in [-0.3, -0.25) is 0 Å². The monoisotopic (exact) mass is 117 g/mol. The molecule has 0 aromatic rings. The summed E-state index contributed by atoms with van der Waals surface area (Å²) in [4.78, 5) is 0. The van der Waals surface area contributed by atoms with Crippen LogP contribution in [-0.2, 0) is 0 Å². The van der Waals surface area contributed by atoms with Gasteiger partial charge in [-0.25, -0.2) is 5.84 Å². The first-order valence-corrected chi connectivity index (χ1v) is 2.46. The lowest BCUT2D eigenvalue weighted by molar-refractivity contribution is 1.02. The number of nitrogens with two attached hydrogens (primary N) is 1. The Morgan fingerprint density at radius 3 is 2.57 bits per heavy atom. The minimum atomic E-state index is 0.488. The number of thiocarbonyl (C=S) groups is 1. The molecule has 0 spiro atoms. The molecule has 0 atom stereocenters. The standard InChI is InChI=1S/C2H8BN3S/c1-3-5-2(7)6-4/h3H,4H2,1H3,(H2,5,6,7). The highest BCUT2D eigenvalue weighted by molar-refractivity contribution is 7.80. The summed E-state index contributed by atoms with van der Waals surface area (Å²) in [5, 5.41) is 3.28. The van der Waals surface area contributed by atoms with Gasteiger partial charge in [0.2, 0.25) is 7.41 Å². The predicted octanol–water partition coefficient (Wildman–Crippen LogP) is -1.28. The maximum atomic E-state index is 4.90. The van der Waals surface area contributed by atoms with E-state index >= 15 is 0 Å². The Balaban J connectivity index is 3.00. The SMILES string of the molecule is CBNC(=S)NN. The van der Waals surface area contributed by atoms with Gasteiger partial charge < -0.3 is 10.7 Å². The third-order valence-electron chi connectivity index (χ3n) is 0.468. The van der Waals surface area contributed by atoms with Crippen molar-refractivity contribution in [2.75, 3.05) is 0 Å². The highest BCUT2D eigenvalue weighted by Gasteiger charge is 1.83. The largest absolute Gasteiger partial charge is 0.408 e.